The van der Waals surface area contributed by atoms with Crippen LogP contribution in [0.1, 0.15) is 23.8 Å². The lowest BCUT2D eigenvalue weighted by atomic mass is 9.92. The summed E-state index contributed by atoms with van der Waals surface area (Å²) in [6.45, 7) is 1.49. The quantitative estimate of drug-likeness (QED) is 0.772. The van der Waals surface area contributed by atoms with Gasteiger partial charge >= 0.3 is 0 Å². The van der Waals surface area contributed by atoms with E-state index in [1.165, 1.54) is 13.2 Å². The second kappa shape index (κ2) is 5.69. The Balaban J connectivity index is 2.12. The van der Waals surface area contributed by atoms with Gasteiger partial charge in [-0.25, -0.2) is 4.39 Å². The van der Waals surface area contributed by atoms with Crippen molar-refractivity contribution >= 4 is 11.6 Å². The lowest BCUT2D eigenvalue weighted by Crippen LogP contribution is -2.19. The van der Waals surface area contributed by atoms with Crippen molar-refractivity contribution in [1.29, 1.82) is 0 Å². The highest BCUT2D eigenvalue weighted by Crippen LogP contribution is 2.36. The molecule has 1 heterocycles. The number of methoxy groups -OCH3 is 1. The third kappa shape index (κ3) is 2.90. The van der Waals surface area contributed by atoms with Crippen molar-refractivity contribution in [3.05, 3.63) is 29.6 Å². The molecule has 2 nitrogen and oxygen atoms in total. The molecule has 0 amide bonds. The van der Waals surface area contributed by atoms with Gasteiger partial charge in [-0.15, -0.1) is 11.6 Å². The normalized spacial score (nSPS) is 19.0. The fourth-order valence-corrected chi connectivity index (χ4v) is 2.52. The average Bonchev–Trinajstić information content (AvgIpc) is 2.39. The largest absolute Gasteiger partial charge is 0.494 e. The molecule has 1 aromatic carbocycles. The Hall–Kier alpha value is -0.800. The zero-order chi connectivity index (χ0) is 12.3. The van der Waals surface area contributed by atoms with Gasteiger partial charge < -0.3 is 9.47 Å². The molecule has 1 atom stereocenters. The minimum absolute atomic E-state index is 0.153. The van der Waals surface area contributed by atoms with Gasteiger partial charge in [-0.05, 0) is 36.5 Å². The maximum Gasteiger partial charge on any atom is 0.165 e. The van der Waals surface area contributed by atoms with Crippen LogP contribution < -0.4 is 4.74 Å². The predicted molar refractivity (Wildman–Crippen MR) is 65.1 cm³/mol. The predicted octanol–water partition coefficient (Wildman–Crippen LogP) is 3.54. The van der Waals surface area contributed by atoms with Gasteiger partial charge in [-0.3, -0.25) is 0 Å². The number of hydrogen-bond donors (Lipinski definition) is 0. The maximum atomic E-state index is 13.6. The fourth-order valence-electron chi connectivity index (χ4n) is 2.13. The Bertz CT molecular complexity index is 378. The van der Waals surface area contributed by atoms with Crippen LogP contribution in [0.15, 0.2) is 18.2 Å². The molecule has 0 saturated carbocycles. The second-order valence-corrected chi connectivity index (χ2v) is 4.72. The van der Waals surface area contributed by atoms with Crippen molar-refractivity contribution in [3.8, 4) is 5.75 Å². The Kier molecular flexibility index (Phi) is 4.24. The zero-order valence-electron chi connectivity index (χ0n) is 9.79. The third-order valence-electron chi connectivity index (χ3n) is 3.17. The molecule has 94 valence electrons. The smallest absolute Gasteiger partial charge is 0.165 e. The van der Waals surface area contributed by atoms with Crippen LogP contribution in [0.25, 0.3) is 0 Å². The van der Waals surface area contributed by atoms with E-state index in [0.717, 1.165) is 31.6 Å². The molecule has 1 unspecified atom stereocenters. The molecule has 17 heavy (non-hydrogen) atoms. The second-order valence-electron chi connectivity index (χ2n) is 4.25. The molecule has 4 heteroatoms. The van der Waals surface area contributed by atoms with Crippen molar-refractivity contribution in [2.45, 2.75) is 18.2 Å². The first-order chi connectivity index (χ1) is 8.22. The van der Waals surface area contributed by atoms with E-state index < -0.39 is 0 Å². The number of rotatable bonds is 3. The Morgan fingerprint density at radius 2 is 2.12 bits per heavy atom. The van der Waals surface area contributed by atoms with Gasteiger partial charge in [0.05, 0.1) is 12.5 Å². The van der Waals surface area contributed by atoms with Crippen LogP contribution >= 0.6 is 11.6 Å². The minimum Gasteiger partial charge on any atom is -0.494 e. The SMILES string of the molecule is COc1ccc(C(Cl)C2CCOCC2)cc1F. The van der Waals surface area contributed by atoms with Crippen LogP contribution in [0, 0.1) is 11.7 Å². The molecule has 1 aliphatic heterocycles. The highest BCUT2D eigenvalue weighted by atomic mass is 35.5. The first kappa shape index (κ1) is 12.7. The van der Waals surface area contributed by atoms with Crippen LogP contribution in [0.3, 0.4) is 0 Å². The van der Waals surface area contributed by atoms with Crippen molar-refractivity contribution in [1.82, 2.24) is 0 Å². The van der Waals surface area contributed by atoms with Crippen LogP contribution in [-0.4, -0.2) is 20.3 Å². The van der Waals surface area contributed by atoms with Gasteiger partial charge in [0.15, 0.2) is 11.6 Å². The summed E-state index contributed by atoms with van der Waals surface area (Å²) >= 11 is 6.39. The molecule has 0 spiro atoms. The first-order valence-corrected chi connectivity index (χ1v) is 6.21. The molecule has 0 N–H and O–H groups in total. The van der Waals surface area contributed by atoms with Crippen molar-refractivity contribution in [3.63, 3.8) is 0 Å². The summed E-state index contributed by atoms with van der Waals surface area (Å²) in [7, 11) is 1.45. The summed E-state index contributed by atoms with van der Waals surface area (Å²) in [5.41, 5.74) is 0.817. The van der Waals surface area contributed by atoms with E-state index in [1.807, 2.05) is 6.07 Å². The lowest BCUT2D eigenvalue weighted by molar-refractivity contribution is 0.0650. The van der Waals surface area contributed by atoms with Crippen molar-refractivity contribution in [2.75, 3.05) is 20.3 Å². The van der Waals surface area contributed by atoms with E-state index in [0.29, 0.717) is 5.92 Å². The molecular formula is C13H16ClFO2. The van der Waals surface area contributed by atoms with E-state index in [1.54, 1.807) is 6.07 Å². The number of benzene rings is 1. The fraction of sp³-hybridized carbons (Fsp3) is 0.538. The molecule has 0 radical (unpaired) electrons. The van der Waals surface area contributed by atoms with Gasteiger partial charge in [0.1, 0.15) is 0 Å². The van der Waals surface area contributed by atoms with Crippen molar-refractivity contribution < 1.29 is 13.9 Å². The monoisotopic (exact) mass is 258 g/mol. The Morgan fingerprint density at radius 1 is 1.41 bits per heavy atom. The van der Waals surface area contributed by atoms with Crippen LogP contribution in [-0.2, 0) is 4.74 Å². The van der Waals surface area contributed by atoms with E-state index in [2.05, 4.69) is 0 Å². The standard InChI is InChI=1S/C13H16ClFO2/c1-16-12-3-2-10(8-11(12)15)13(14)9-4-6-17-7-5-9/h2-3,8-9,13H,4-7H2,1H3. The number of ether oxygens (including phenoxy) is 2. The number of halogens is 2. The minimum atomic E-state index is -0.359. The average molecular weight is 259 g/mol. The van der Waals surface area contributed by atoms with E-state index >= 15 is 0 Å². The summed E-state index contributed by atoms with van der Waals surface area (Å²) in [5.74, 6) is 0.255. The molecule has 1 aliphatic rings. The summed E-state index contributed by atoms with van der Waals surface area (Å²) in [4.78, 5) is 0. The molecule has 1 aromatic rings. The summed E-state index contributed by atoms with van der Waals surface area (Å²) in [6.07, 6.45) is 1.86. The molecule has 0 bridgehead atoms. The van der Waals surface area contributed by atoms with Crippen molar-refractivity contribution in [2.24, 2.45) is 5.92 Å². The highest BCUT2D eigenvalue weighted by Gasteiger charge is 2.24. The number of hydrogen-bond acceptors (Lipinski definition) is 2. The summed E-state index contributed by atoms with van der Waals surface area (Å²) in [5, 5.41) is -0.153. The Morgan fingerprint density at radius 3 is 2.71 bits per heavy atom. The van der Waals surface area contributed by atoms with E-state index in [-0.39, 0.29) is 16.9 Å². The molecule has 0 aromatic heterocycles. The number of alkyl halides is 1. The zero-order valence-corrected chi connectivity index (χ0v) is 10.5. The lowest BCUT2D eigenvalue weighted by Gasteiger charge is -2.26. The molecular weight excluding hydrogens is 243 g/mol. The Labute approximate surface area is 106 Å². The maximum absolute atomic E-state index is 13.6. The van der Waals surface area contributed by atoms with E-state index in [9.17, 15) is 4.39 Å². The van der Waals surface area contributed by atoms with Crippen LogP contribution in [0.2, 0.25) is 0 Å². The highest BCUT2D eigenvalue weighted by molar-refractivity contribution is 6.21. The molecule has 1 saturated heterocycles. The third-order valence-corrected chi connectivity index (χ3v) is 3.78. The topological polar surface area (TPSA) is 18.5 Å². The van der Waals surface area contributed by atoms with Gasteiger partial charge in [0.25, 0.3) is 0 Å². The van der Waals surface area contributed by atoms with Gasteiger partial charge in [0.2, 0.25) is 0 Å². The summed E-state index contributed by atoms with van der Waals surface area (Å²) in [6, 6.07) is 4.92. The summed E-state index contributed by atoms with van der Waals surface area (Å²) < 4.78 is 23.8. The molecule has 2 rings (SSSR count). The molecule has 1 fully saturated rings. The first-order valence-electron chi connectivity index (χ1n) is 5.77. The van der Waals surface area contributed by atoms with E-state index in [4.69, 9.17) is 21.1 Å². The van der Waals surface area contributed by atoms with Crippen LogP contribution in [0.4, 0.5) is 4.39 Å². The van der Waals surface area contributed by atoms with Gasteiger partial charge in [-0.1, -0.05) is 6.07 Å². The molecule has 0 aliphatic carbocycles. The van der Waals surface area contributed by atoms with Crippen LogP contribution in [0.5, 0.6) is 5.75 Å². The van der Waals surface area contributed by atoms with Gasteiger partial charge in [-0.2, -0.15) is 0 Å². The van der Waals surface area contributed by atoms with Gasteiger partial charge in [0, 0.05) is 13.2 Å².